The quantitative estimate of drug-likeness (QED) is 0.339. The van der Waals surface area contributed by atoms with Gasteiger partial charge in [-0.15, -0.1) is 0 Å². The maximum atomic E-state index is 13.9. The predicted octanol–water partition coefficient (Wildman–Crippen LogP) is 6.09. The number of benzene rings is 2. The van der Waals surface area contributed by atoms with Crippen molar-refractivity contribution in [2.45, 2.75) is 71.0 Å². The average Bonchev–Trinajstić information content (AvgIpc) is 2.85. The molecular weight excluding hydrogens is 613 g/mol. The lowest BCUT2D eigenvalue weighted by Crippen LogP contribution is -2.54. The third-order valence-electron chi connectivity index (χ3n) is 6.84. The van der Waals surface area contributed by atoms with Gasteiger partial charge >= 0.3 is 0 Å². The van der Waals surface area contributed by atoms with Gasteiger partial charge in [0.2, 0.25) is 21.8 Å². The lowest BCUT2D eigenvalue weighted by atomic mass is 9.95. The number of amides is 2. The molecule has 0 spiro atoms. The Morgan fingerprint density at radius 2 is 1.74 bits per heavy atom. The van der Waals surface area contributed by atoms with Crippen LogP contribution in [0.4, 0.5) is 5.69 Å². The van der Waals surface area contributed by atoms with Gasteiger partial charge in [-0.2, -0.15) is 0 Å². The Hall–Kier alpha value is -1.81. The summed E-state index contributed by atoms with van der Waals surface area (Å²) in [5.74, 6) is -0.793. The molecule has 1 fully saturated rings. The number of hydrogen-bond donors (Lipinski definition) is 1. The lowest BCUT2D eigenvalue weighted by molar-refractivity contribution is -0.140. The van der Waals surface area contributed by atoms with E-state index in [0.717, 1.165) is 52.7 Å². The molecule has 2 amide bonds. The first-order chi connectivity index (χ1) is 17.9. The Bertz CT molecular complexity index is 1250. The van der Waals surface area contributed by atoms with Gasteiger partial charge in [0, 0.05) is 32.7 Å². The Labute approximate surface area is 244 Å². The van der Waals surface area contributed by atoms with Gasteiger partial charge in [-0.3, -0.25) is 13.9 Å². The van der Waals surface area contributed by atoms with Crippen LogP contribution in [-0.4, -0.2) is 50.0 Å². The number of sulfonamides is 1. The topological polar surface area (TPSA) is 86.8 Å². The van der Waals surface area contributed by atoms with Crippen LogP contribution in [0.15, 0.2) is 40.9 Å². The second-order valence-electron chi connectivity index (χ2n) is 9.69. The summed E-state index contributed by atoms with van der Waals surface area (Å²) in [5.41, 5.74) is 1.68. The highest BCUT2D eigenvalue weighted by molar-refractivity contribution is 9.10. The predicted molar refractivity (Wildman–Crippen MR) is 157 cm³/mol. The van der Waals surface area contributed by atoms with E-state index >= 15 is 0 Å². The Morgan fingerprint density at radius 1 is 1.11 bits per heavy atom. The first kappa shape index (κ1) is 30.7. The highest BCUT2D eigenvalue weighted by Crippen LogP contribution is 2.29. The Morgan fingerprint density at radius 3 is 2.29 bits per heavy atom. The van der Waals surface area contributed by atoms with Crippen LogP contribution in [0.2, 0.25) is 10.0 Å². The third-order valence-corrected chi connectivity index (χ3v) is 9.57. The monoisotopic (exact) mass is 645 g/mol. The van der Waals surface area contributed by atoms with Crippen LogP contribution in [0.5, 0.6) is 0 Å². The number of rotatable bonds is 10. The first-order valence-corrected chi connectivity index (χ1v) is 16.1. The number of nitrogens with zero attached hydrogens (tertiary/aromatic N) is 2. The van der Waals surface area contributed by atoms with Gasteiger partial charge in [-0.05, 0) is 62.1 Å². The highest BCUT2D eigenvalue weighted by atomic mass is 79.9. The molecule has 38 heavy (non-hydrogen) atoms. The molecule has 1 aliphatic rings. The van der Waals surface area contributed by atoms with Crippen LogP contribution >= 0.6 is 39.1 Å². The van der Waals surface area contributed by atoms with Gasteiger partial charge in [-0.1, -0.05) is 71.4 Å². The number of aryl methyl sites for hydroxylation is 1. The van der Waals surface area contributed by atoms with Gasteiger partial charge in [0.1, 0.15) is 12.6 Å². The number of carbonyl (C=O) groups is 2. The summed E-state index contributed by atoms with van der Waals surface area (Å²) in [5, 5.41) is 3.84. The SMILES string of the molecule is CCC(C(=O)NC1CCCCC1)N(Cc1c(Cl)cccc1Cl)C(=O)CN(c1ccc(Br)c(C)c1)S(C)(=O)=O. The molecule has 0 radical (unpaired) electrons. The van der Waals surface area contributed by atoms with Gasteiger partial charge in [0.15, 0.2) is 0 Å². The van der Waals surface area contributed by atoms with E-state index in [2.05, 4.69) is 21.2 Å². The average molecular weight is 647 g/mol. The number of carbonyl (C=O) groups excluding carboxylic acids is 2. The molecular formula is C27H34BrCl2N3O4S. The van der Waals surface area contributed by atoms with E-state index in [0.29, 0.717) is 27.7 Å². The van der Waals surface area contributed by atoms with Crippen molar-refractivity contribution < 1.29 is 18.0 Å². The van der Waals surface area contributed by atoms with Crippen molar-refractivity contribution in [1.82, 2.24) is 10.2 Å². The fourth-order valence-corrected chi connectivity index (χ4v) is 6.32. The van der Waals surface area contributed by atoms with Gasteiger partial charge in [-0.25, -0.2) is 8.42 Å². The molecule has 1 aliphatic carbocycles. The zero-order valence-electron chi connectivity index (χ0n) is 21.8. The van der Waals surface area contributed by atoms with Crippen molar-refractivity contribution in [2.75, 3.05) is 17.1 Å². The largest absolute Gasteiger partial charge is 0.352 e. The van der Waals surface area contributed by atoms with Gasteiger partial charge in [0.25, 0.3) is 0 Å². The van der Waals surface area contributed by atoms with Gasteiger partial charge < -0.3 is 10.2 Å². The van der Waals surface area contributed by atoms with Crippen molar-refractivity contribution in [3.63, 3.8) is 0 Å². The molecule has 3 rings (SSSR count). The molecule has 0 bridgehead atoms. The second kappa shape index (κ2) is 13.5. The molecule has 208 valence electrons. The summed E-state index contributed by atoms with van der Waals surface area (Å²) >= 11 is 16.3. The fraction of sp³-hybridized carbons (Fsp3) is 0.481. The van der Waals surface area contributed by atoms with Crippen LogP contribution in [0, 0.1) is 6.92 Å². The van der Waals surface area contributed by atoms with E-state index in [9.17, 15) is 18.0 Å². The molecule has 0 aliphatic heterocycles. The summed E-state index contributed by atoms with van der Waals surface area (Å²) in [4.78, 5) is 28.8. The first-order valence-electron chi connectivity index (χ1n) is 12.7. The van der Waals surface area contributed by atoms with Crippen LogP contribution in [0.1, 0.15) is 56.6 Å². The number of hydrogen-bond acceptors (Lipinski definition) is 4. The Balaban J connectivity index is 1.97. The fourth-order valence-electron chi connectivity index (χ4n) is 4.72. The Kier molecular flexibility index (Phi) is 10.9. The van der Waals surface area contributed by atoms with Crippen LogP contribution < -0.4 is 9.62 Å². The summed E-state index contributed by atoms with van der Waals surface area (Å²) in [6.45, 7) is 3.15. The maximum Gasteiger partial charge on any atom is 0.244 e. The number of anilines is 1. The summed E-state index contributed by atoms with van der Waals surface area (Å²) in [7, 11) is -3.82. The minimum absolute atomic E-state index is 0.0368. The molecule has 1 saturated carbocycles. The molecule has 0 heterocycles. The molecule has 1 unspecified atom stereocenters. The second-order valence-corrected chi connectivity index (χ2v) is 13.3. The molecule has 2 aromatic rings. The van der Waals surface area contributed by atoms with E-state index in [1.165, 1.54) is 4.90 Å². The van der Waals surface area contributed by atoms with Crippen molar-refractivity contribution in [1.29, 1.82) is 0 Å². The highest BCUT2D eigenvalue weighted by Gasteiger charge is 2.33. The number of nitrogens with one attached hydrogen (secondary N) is 1. The van der Waals surface area contributed by atoms with E-state index in [1.54, 1.807) is 36.4 Å². The van der Waals surface area contributed by atoms with Crippen molar-refractivity contribution in [3.8, 4) is 0 Å². The summed E-state index contributed by atoms with van der Waals surface area (Å²) in [6.07, 6.45) is 6.44. The van der Waals surface area contributed by atoms with Crippen molar-refractivity contribution in [2.24, 2.45) is 0 Å². The van der Waals surface area contributed by atoms with Gasteiger partial charge in [0.05, 0.1) is 11.9 Å². The van der Waals surface area contributed by atoms with E-state index in [-0.39, 0.29) is 18.5 Å². The minimum atomic E-state index is -3.82. The molecule has 0 aromatic heterocycles. The van der Waals surface area contributed by atoms with E-state index in [4.69, 9.17) is 23.2 Å². The maximum absolute atomic E-state index is 13.9. The minimum Gasteiger partial charge on any atom is -0.352 e. The van der Waals surface area contributed by atoms with E-state index in [1.807, 2.05) is 13.8 Å². The zero-order valence-corrected chi connectivity index (χ0v) is 25.8. The zero-order chi connectivity index (χ0) is 28.0. The van der Waals surface area contributed by atoms with Crippen LogP contribution in [-0.2, 0) is 26.2 Å². The van der Waals surface area contributed by atoms with E-state index < -0.39 is 28.5 Å². The summed E-state index contributed by atoms with van der Waals surface area (Å²) < 4.78 is 27.5. The molecule has 1 atom stereocenters. The van der Waals surface area contributed by atoms with Crippen LogP contribution in [0.25, 0.3) is 0 Å². The summed E-state index contributed by atoms with van der Waals surface area (Å²) in [6, 6.07) is 9.34. The normalized spacial score (nSPS) is 15.1. The van der Waals surface area contributed by atoms with Crippen molar-refractivity contribution in [3.05, 3.63) is 62.0 Å². The molecule has 0 saturated heterocycles. The molecule has 7 nitrogen and oxygen atoms in total. The lowest BCUT2D eigenvalue weighted by Gasteiger charge is -2.34. The standard InChI is InChI=1S/C27H34BrCl2N3O4S/c1-4-25(27(35)31-19-9-6-5-7-10-19)32(16-21-23(29)11-8-12-24(21)30)26(34)17-33(38(3,36)37)20-13-14-22(28)18(2)15-20/h8,11-15,19,25H,4-7,9-10,16-17H2,1-3H3,(H,31,35). The molecule has 1 N–H and O–H groups in total. The van der Waals surface area contributed by atoms with Crippen molar-refractivity contribution >= 4 is 66.7 Å². The smallest absolute Gasteiger partial charge is 0.244 e. The number of halogens is 3. The third kappa shape index (κ3) is 7.87. The van der Waals surface area contributed by atoms with Crippen LogP contribution in [0.3, 0.4) is 0 Å². The molecule has 11 heteroatoms. The molecule has 2 aromatic carbocycles.